The molecule has 0 saturated heterocycles. The summed E-state index contributed by atoms with van der Waals surface area (Å²) in [4.78, 5) is 13.4. The molecule has 0 aliphatic heterocycles. The quantitative estimate of drug-likeness (QED) is 0.802. The summed E-state index contributed by atoms with van der Waals surface area (Å²) < 4.78 is 10.5. The molecule has 0 radical (unpaired) electrons. The van der Waals surface area contributed by atoms with E-state index in [1.807, 2.05) is 24.3 Å². The van der Waals surface area contributed by atoms with Crippen molar-refractivity contribution < 1.29 is 14.3 Å². The van der Waals surface area contributed by atoms with Crippen LogP contribution < -0.4 is 9.47 Å². The van der Waals surface area contributed by atoms with E-state index in [-0.39, 0.29) is 10.8 Å². The summed E-state index contributed by atoms with van der Waals surface area (Å²) in [7, 11) is 3.37. The zero-order valence-corrected chi connectivity index (χ0v) is 15.3. The van der Waals surface area contributed by atoms with Gasteiger partial charge in [-0.3, -0.25) is 4.79 Å². The number of hydrogen-bond donors (Lipinski definition) is 0. The second kappa shape index (κ2) is 5.35. The first kappa shape index (κ1) is 15.9. The Bertz CT molecular complexity index is 783. The van der Waals surface area contributed by atoms with E-state index in [1.54, 1.807) is 14.2 Å². The predicted octanol–water partition coefficient (Wildman–Crippen LogP) is 4.71. The molecule has 3 saturated carbocycles. The topological polar surface area (TPSA) is 35.5 Å². The molecule has 2 aromatic carbocycles. The van der Waals surface area contributed by atoms with Crippen molar-refractivity contribution in [3.05, 3.63) is 59.7 Å². The van der Waals surface area contributed by atoms with Gasteiger partial charge in [0, 0.05) is 10.8 Å². The van der Waals surface area contributed by atoms with Crippen molar-refractivity contribution in [3.8, 4) is 11.5 Å². The highest BCUT2D eigenvalue weighted by Crippen LogP contribution is 2.78. The van der Waals surface area contributed by atoms with Gasteiger partial charge < -0.3 is 9.47 Å². The van der Waals surface area contributed by atoms with Crippen LogP contribution in [0.2, 0.25) is 0 Å². The number of ketones is 1. The summed E-state index contributed by atoms with van der Waals surface area (Å²) in [6.07, 6.45) is 4.15. The van der Waals surface area contributed by atoms with E-state index in [0.717, 1.165) is 37.2 Å². The third-order valence-electron chi connectivity index (χ3n) is 7.11. The fraction of sp³-hybridized carbons (Fsp3) is 0.435. The Morgan fingerprint density at radius 3 is 1.46 bits per heavy atom. The van der Waals surface area contributed by atoms with Crippen LogP contribution in [0.5, 0.6) is 11.5 Å². The number of carbonyl (C=O) groups excluding carboxylic acids is 1. The maximum Gasteiger partial charge on any atom is 0.146 e. The number of ether oxygens (including phenoxy) is 2. The third-order valence-corrected chi connectivity index (χ3v) is 7.11. The van der Waals surface area contributed by atoms with Crippen LogP contribution in [0.3, 0.4) is 0 Å². The predicted molar refractivity (Wildman–Crippen MR) is 99.8 cm³/mol. The third kappa shape index (κ3) is 2.09. The van der Waals surface area contributed by atoms with Gasteiger partial charge in [-0.1, -0.05) is 24.3 Å². The second-order valence-corrected chi connectivity index (χ2v) is 8.20. The number of hydrogen-bond acceptors (Lipinski definition) is 3. The first-order chi connectivity index (χ1) is 12.6. The summed E-state index contributed by atoms with van der Waals surface area (Å²) in [6, 6.07) is 16.5. The highest BCUT2D eigenvalue weighted by molar-refractivity contribution is 5.99. The number of Topliss-reactive ketones (excluding diaryl/α,β-unsaturated/α-hetero) is 1. The van der Waals surface area contributed by atoms with Crippen LogP contribution in [-0.4, -0.2) is 20.0 Å². The molecular formula is C23H24O3. The van der Waals surface area contributed by atoms with Gasteiger partial charge in [-0.15, -0.1) is 0 Å². The Morgan fingerprint density at radius 2 is 1.12 bits per heavy atom. The minimum atomic E-state index is -0.0875. The molecular weight excluding hydrogens is 324 g/mol. The zero-order chi connectivity index (χ0) is 17.9. The van der Waals surface area contributed by atoms with Crippen molar-refractivity contribution in [3.63, 3.8) is 0 Å². The first-order valence-electron chi connectivity index (χ1n) is 9.46. The molecule has 3 fully saturated rings. The second-order valence-electron chi connectivity index (χ2n) is 8.20. The van der Waals surface area contributed by atoms with Crippen molar-refractivity contribution >= 4 is 5.78 Å². The molecule has 134 valence electrons. The van der Waals surface area contributed by atoms with E-state index >= 15 is 0 Å². The van der Waals surface area contributed by atoms with Crippen LogP contribution in [0.15, 0.2) is 48.5 Å². The lowest BCUT2D eigenvalue weighted by Crippen LogP contribution is -2.19. The van der Waals surface area contributed by atoms with Crippen LogP contribution in [0.4, 0.5) is 0 Å². The fourth-order valence-electron chi connectivity index (χ4n) is 5.38. The van der Waals surface area contributed by atoms with Crippen molar-refractivity contribution in [2.45, 2.75) is 37.5 Å². The lowest BCUT2D eigenvalue weighted by Gasteiger charge is -2.12. The van der Waals surface area contributed by atoms with Gasteiger partial charge in [0.15, 0.2) is 0 Å². The normalized spacial score (nSPS) is 34.3. The minimum absolute atomic E-state index is 0.0875. The van der Waals surface area contributed by atoms with Gasteiger partial charge in [-0.2, -0.15) is 0 Å². The molecule has 3 nitrogen and oxygen atoms in total. The average Bonchev–Trinajstić information content (AvgIpc) is 3.58. The number of benzene rings is 2. The van der Waals surface area contributed by atoms with Crippen molar-refractivity contribution in [2.24, 2.45) is 10.8 Å². The van der Waals surface area contributed by atoms with Crippen molar-refractivity contribution in [1.82, 2.24) is 0 Å². The Morgan fingerprint density at radius 1 is 0.731 bits per heavy atom. The SMILES string of the molecule is COc1ccc([C@H]2C[C@@]23CC[C@]2(C[C@H]2c2ccc(OC)cc2)C3=O)cc1. The van der Waals surface area contributed by atoms with Gasteiger partial charge >= 0.3 is 0 Å². The fourth-order valence-corrected chi connectivity index (χ4v) is 5.38. The average molecular weight is 348 g/mol. The van der Waals surface area contributed by atoms with Crippen LogP contribution in [0.1, 0.15) is 48.6 Å². The van der Waals surface area contributed by atoms with Crippen LogP contribution in [-0.2, 0) is 4.79 Å². The minimum Gasteiger partial charge on any atom is -0.497 e. The molecule has 0 unspecified atom stereocenters. The van der Waals surface area contributed by atoms with Gasteiger partial charge in [0.2, 0.25) is 0 Å². The molecule has 0 bridgehead atoms. The highest BCUT2D eigenvalue weighted by atomic mass is 16.5. The van der Waals surface area contributed by atoms with Crippen LogP contribution >= 0.6 is 0 Å². The maximum atomic E-state index is 13.4. The van der Waals surface area contributed by atoms with Gasteiger partial charge in [0.1, 0.15) is 17.3 Å². The lowest BCUT2D eigenvalue weighted by molar-refractivity contribution is -0.126. The molecule has 0 heterocycles. The smallest absolute Gasteiger partial charge is 0.146 e. The first-order valence-corrected chi connectivity index (χ1v) is 9.46. The molecule has 0 aromatic heterocycles. The molecule has 2 aromatic rings. The van der Waals surface area contributed by atoms with Crippen LogP contribution in [0, 0.1) is 10.8 Å². The largest absolute Gasteiger partial charge is 0.497 e. The van der Waals surface area contributed by atoms with Gasteiger partial charge in [-0.25, -0.2) is 0 Å². The zero-order valence-electron chi connectivity index (χ0n) is 15.3. The summed E-state index contributed by atoms with van der Waals surface area (Å²) in [5.74, 6) is 3.08. The number of methoxy groups -OCH3 is 2. The molecule has 2 spiro atoms. The lowest BCUT2D eigenvalue weighted by atomic mass is 9.91. The Balaban J connectivity index is 1.35. The molecule has 3 heteroatoms. The molecule has 3 aliphatic carbocycles. The van der Waals surface area contributed by atoms with Gasteiger partial charge in [-0.05, 0) is 72.9 Å². The van der Waals surface area contributed by atoms with Gasteiger partial charge in [0.25, 0.3) is 0 Å². The summed E-state index contributed by atoms with van der Waals surface area (Å²) >= 11 is 0. The molecule has 5 rings (SSSR count). The molecule has 3 aliphatic rings. The monoisotopic (exact) mass is 348 g/mol. The van der Waals surface area contributed by atoms with Gasteiger partial charge in [0.05, 0.1) is 14.2 Å². The maximum absolute atomic E-state index is 13.4. The standard InChI is InChI=1S/C23H24O3/c1-25-17-7-3-15(4-8-17)19-13-22(19)11-12-23(21(22)24)14-20(23)16-5-9-18(26-2)10-6-16/h3-10,19-20H,11-14H2,1-2H3/t19-,20+,22+,23-. The van der Waals surface area contributed by atoms with Crippen molar-refractivity contribution in [2.75, 3.05) is 14.2 Å². The molecule has 0 N–H and O–H groups in total. The van der Waals surface area contributed by atoms with E-state index in [9.17, 15) is 4.79 Å². The van der Waals surface area contributed by atoms with E-state index in [2.05, 4.69) is 24.3 Å². The van der Waals surface area contributed by atoms with E-state index in [0.29, 0.717) is 17.6 Å². The summed E-state index contributed by atoms with van der Waals surface area (Å²) in [5.41, 5.74) is 2.40. The summed E-state index contributed by atoms with van der Waals surface area (Å²) in [6.45, 7) is 0. The number of rotatable bonds is 4. The van der Waals surface area contributed by atoms with Crippen LogP contribution in [0.25, 0.3) is 0 Å². The number of carbonyl (C=O) groups is 1. The summed E-state index contributed by atoms with van der Waals surface area (Å²) in [5, 5.41) is 0. The molecule has 0 amide bonds. The van der Waals surface area contributed by atoms with Crippen molar-refractivity contribution in [1.29, 1.82) is 0 Å². The molecule has 4 atom stereocenters. The van der Waals surface area contributed by atoms with E-state index < -0.39 is 0 Å². The highest BCUT2D eigenvalue weighted by Gasteiger charge is 2.75. The Kier molecular flexibility index (Phi) is 3.28. The van der Waals surface area contributed by atoms with E-state index in [4.69, 9.17) is 9.47 Å². The Labute approximate surface area is 154 Å². The molecule has 26 heavy (non-hydrogen) atoms. The van der Waals surface area contributed by atoms with E-state index in [1.165, 1.54) is 11.1 Å². The Hall–Kier alpha value is -2.29.